The molecule has 2 aliphatic rings. The summed E-state index contributed by atoms with van der Waals surface area (Å²) < 4.78 is 11.6. The van der Waals surface area contributed by atoms with Gasteiger partial charge in [-0.25, -0.2) is 4.98 Å². The molecule has 1 aromatic carbocycles. The van der Waals surface area contributed by atoms with Crippen LogP contribution in [0.1, 0.15) is 50.7 Å². The lowest BCUT2D eigenvalue weighted by Crippen LogP contribution is -2.45. The molecule has 0 saturated carbocycles. The number of pyridine rings is 1. The number of nitrogen functional groups attached to an aromatic ring is 1. The van der Waals surface area contributed by atoms with Gasteiger partial charge in [0.1, 0.15) is 17.4 Å². The fourth-order valence-electron chi connectivity index (χ4n) is 4.39. The van der Waals surface area contributed by atoms with E-state index in [0.717, 1.165) is 24.2 Å². The third-order valence-corrected chi connectivity index (χ3v) is 6.78. The average molecular weight is 526 g/mol. The Morgan fingerprint density at radius 2 is 1.87 bits per heavy atom. The maximum Gasteiger partial charge on any atom is 0.307 e. The molecule has 0 saturated heterocycles. The molecule has 0 unspecified atom stereocenters. The standard InChI is InChI=1S/C29H39N3O6/c1-19(2)26-18-37-11-3-4-12-38-25-8-5-20(6-9-25)13-22(28(34)32-26)15-24(33)16-23(29(35)36)14-21-7-10-27(30)31-17-21/h5-10,17,19,22-23,26H,3-4,11-16,18H2,1-2H3,(H2,30,31)(H,32,34)(H,35,36)/t22-,23+,26+/m0/s1. The van der Waals surface area contributed by atoms with Crippen LogP contribution < -0.4 is 15.8 Å². The van der Waals surface area contributed by atoms with Gasteiger partial charge in [0.25, 0.3) is 0 Å². The van der Waals surface area contributed by atoms with E-state index < -0.39 is 17.8 Å². The lowest BCUT2D eigenvalue weighted by Gasteiger charge is -2.26. The Bertz CT molecular complexity index is 1050. The van der Waals surface area contributed by atoms with Gasteiger partial charge < -0.3 is 25.6 Å². The molecule has 9 nitrogen and oxygen atoms in total. The second kappa shape index (κ2) is 14.5. The quantitative estimate of drug-likeness (QED) is 0.476. The minimum absolute atomic E-state index is 0.0560. The smallest absolute Gasteiger partial charge is 0.307 e. The van der Waals surface area contributed by atoms with Gasteiger partial charge in [-0.2, -0.15) is 0 Å². The number of nitrogens with zero attached hydrogens (tertiary/aromatic N) is 1. The maximum absolute atomic E-state index is 13.4. The van der Waals surface area contributed by atoms with Crippen LogP contribution in [0, 0.1) is 17.8 Å². The number of anilines is 1. The molecule has 0 radical (unpaired) electrons. The highest BCUT2D eigenvalue weighted by Crippen LogP contribution is 2.22. The van der Waals surface area contributed by atoms with Crippen LogP contribution in [-0.4, -0.2) is 53.6 Å². The molecule has 3 heterocycles. The monoisotopic (exact) mass is 525 g/mol. The summed E-state index contributed by atoms with van der Waals surface area (Å²) in [6, 6.07) is 10.7. The van der Waals surface area contributed by atoms with E-state index in [0.29, 0.717) is 37.6 Å². The Balaban J connectivity index is 1.75. The first kappa shape index (κ1) is 29.1. The largest absolute Gasteiger partial charge is 0.494 e. The second-order valence-electron chi connectivity index (χ2n) is 10.3. The summed E-state index contributed by atoms with van der Waals surface area (Å²) in [4.78, 5) is 42.5. The summed E-state index contributed by atoms with van der Waals surface area (Å²) >= 11 is 0. The third kappa shape index (κ3) is 9.45. The van der Waals surface area contributed by atoms with Crippen molar-refractivity contribution in [3.63, 3.8) is 0 Å². The summed E-state index contributed by atoms with van der Waals surface area (Å²) in [5.41, 5.74) is 7.20. The zero-order valence-electron chi connectivity index (χ0n) is 22.2. The Kier molecular flexibility index (Phi) is 11.1. The molecule has 0 spiro atoms. The van der Waals surface area contributed by atoms with Gasteiger partial charge in [0, 0.05) is 31.6 Å². The van der Waals surface area contributed by atoms with Crippen molar-refractivity contribution in [3.8, 4) is 5.75 Å². The summed E-state index contributed by atoms with van der Waals surface area (Å²) in [6.45, 7) is 5.59. The van der Waals surface area contributed by atoms with Crippen molar-refractivity contribution in [1.29, 1.82) is 0 Å². The van der Waals surface area contributed by atoms with Crippen molar-refractivity contribution in [2.24, 2.45) is 17.8 Å². The first-order chi connectivity index (χ1) is 18.2. The van der Waals surface area contributed by atoms with Crippen molar-refractivity contribution in [2.75, 3.05) is 25.6 Å². The Hall–Kier alpha value is -3.46. The van der Waals surface area contributed by atoms with Crippen molar-refractivity contribution in [1.82, 2.24) is 10.3 Å². The van der Waals surface area contributed by atoms with Crippen LogP contribution in [-0.2, 0) is 32.0 Å². The Morgan fingerprint density at radius 3 is 2.53 bits per heavy atom. The first-order valence-corrected chi connectivity index (χ1v) is 13.3. The molecular weight excluding hydrogens is 486 g/mol. The Labute approximate surface area is 224 Å². The number of ether oxygens (including phenoxy) is 2. The second-order valence-corrected chi connectivity index (χ2v) is 10.3. The number of aliphatic carboxylic acids is 1. The number of ketones is 1. The van der Waals surface area contributed by atoms with Gasteiger partial charge in [-0.05, 0) is 60.9 Å². The van der Waals surface area contributed by atoms with Crippen LogP contribution in [0.25, 0.3) is 0 Å². The van der Waals surface area contributed by atoms with E-state index in [1.165, 1.54) is 6.20 Å². The minimum Gasteiger partial charge on any atom is -0.494 e. The highest BCUT2D eigenvalue weighted by molar-refractivity contribution is 5.89. The zero-order valence-corrected chi connectivity index (χ0v) is 22.2. The summed E-state index contributed by atoms with van der Waals surface area (Å²) in [7, 11) is 0. The summed E-state index contributed by atoms with van der Waals surface area (Å²) in [5.74, 6) is -1.90. The molecule has 38 heavy (non-hydrogen) atoms. The summed E-state index contributed by atoms with van der Waals surface area (Å²) in [6.07, 6.45) is 3.52. The average Bonchev–Trinajstić information content (AvgIpc) is 2.87. The van der Waals surface area contributed by atoms with E-state index in [2.05, 4.69) is 10.3 Å². The van der Waals surface area contributed by atoms with Gasteiger partial charge in [-0.1, -0.05) is 32.0 Å². The first-order valence-electron chi connectivity index (χ1n) is 13.3. The highest BCUT2D eigenvalue weighted by atomic mass is 16.5. The van der Waals surface area contributed by atoms with Crippen LogP contribution in [0.4, 0.5) is 5.82 Å². The molecule has 9 heteroatoms. The number of aromatic nitrogens is 1. The molecular formula is C29H39N3O6. The molecule has 2 bridgehead atoms. The van der Waals surface area contributed by atoms with Gasteiger partial charge in [0.2, 0.25) is 5.91 Å². The van der Waals surface area contributed by atoms with Gasteiger partial charge in [-0.15, -0.1) is 0 Å². The number of hydrogen-bond donors (Lipinski definition) is 3. The van der Waals surface area contributed by atoms with Gasteiger partial charge in [0.15, 0.2) is 0 Å². The molecule has 2 aromatic rings. The predicted molar refractivity (Wildman–Crippen MR) is 144 cm³/mol. The lowest BCUT2D eigenvalue weighted by atomic mass is 9.88. The Morgan fingerprint density at radius 1 is 1.13 bits per heavy atom. The molecule has 206 valence electrons. The molecule has 4 N–H and O–H groups in total. The molecule has 1 amide bonds. The van der Waals surface area contributed by atoms with Crippen LogP contribution in [0.5, 0.6) is 5.75 Å². The third-order valence-electron chi connectivity index (χ3n) is 6.78. The number of benzene rings is 1. The molecule has 0 fully saturated rings. The maximum atomic E-state index is 13.4. The number of carbonyl (C=O) groups is 3. The normalized spacial score (nSPS) is 19.9. The highest BCUT2D eigenvalue weighted by Gasteiger charge is 2.29. The van der Waals surface area contributed by atoms with Gasteiger partial charge >= 0.3 is 5.97 Å². The number of amides is 1. The number of nitrogens with two attached hydrogens (primary N) is 1. The van der Waals surface area contributed by atoms with E-state index in [9.17, 15) is 19.5 Å². The van der Waals surface area contributed by atoms with Crippen LogP contribution in [0.2, 0.25) is 0 Å². The number of fused-ring (bicyclic) bond motifs is 13. The van der Waals surface area contributed by atoms with E-state index in [4.69, 9.17) is 15.2 Å². The molecule has 1 aromatic heterocycles. The number of nitrogens with one attached hydrogen (secondary N) is 1. The van der Waals surface area contributed by atoms with Crippen molar-refractivity contribution in [3.05, 3.63) is 53.7 Å². The minimum atomic E-state index is -1.06. The number of carbonyl (C=O) groups excluding carboxylic acids is 2. The number of hydrogen-bond acceptors (Lipinski definition) is 7. The van der Waals surface area contributed by atoms with Crippen LogP contribution >= 0.6 is 0 Å². The van der Waals surface area contributed by atoms with Crippen molar-refractivity contribution < 1.29 is 29.0 Å². The summed E-state index contributed by atoms with van der Waals surface area (Å²) in [5, 5.41) is 12.8. The molecule has 4 rings (SSSR count). The van der Waals surface area contributed by atoms with Gasteiger partial charge in [-0.3, -0.25) is 14.4 Å². The fraction of sp³-hybridized carbons (Fsp3) is 0.517. The number of carboxylic acid groups (broad SMARTS) is 1. The number of rotatable bonds is 8. The fourth-order valence-corrected chi connectivity index (χ4v) is 4.39. The predicted octanol–water partition coefficient (Wildman–Crippen LogP) is 3.45. The van der Waals surface area contributed by atoms with Crippen LogP contribution in [0.15, 0.2) is 42.6 Å². The van der Waals surface area contributed by atoms with Crippen molar-refractivity contribution in [2.45, 2.75) is 58.4 Å². The molecule has 2 aliphatic heterocycles. The van der Waals surface area contributed by atoms with E-state index >= 15 is 0 Å². The van der Waals surface area contributed by atoms with Crippen LogP contribution in [0.3, 0.4) is 0 Å². The number of Topliss-reactive ketones (excluding diaryl/α,β-unsaturated/α-hetero) is 1. The van der Waals surface area contributed by atoms with Crippen molar-refractivity contribution >= 4 is 23.5 Å². The van der Waals surface area contributed by atoms with E-state index in [1.54, 1.807) is 12.1 Å². The van der Waals surface area contributed by atoms with Gasteiger partial charge in [0.05, 0.1) is 25.2 Å². The lowest BCUT2D eigenvalue weighted by molar-refractivity contribution is -0.144. The zero-order chi connectivity index (χ0) is 27.5. The molecule has 0 aliphatic carbocycles. The van der Waals surface area contributed by atoms with E-state index in [-0.39, 0.29) is 42.9 Å². The SMILES string of the molecule is CC(C)[C@H]1COCCCCOc2ccc(cc2)C[C@@H](CC(=O)C[C@@H](Cc2ccc(N)nc2)C(=O)O)C(=O)N1. The molecule has 3 atom stereocenters. The number of carboxylic acids is 1. The van der Waals surface area contributed by atoms with E-state index in [1.807, 2.05) is 38.1 Å². The topological polar surface area (TPSA) is 141 Å².